The minimum atomic E-state index is -0.469. The first kappa shape index (κ1) is 20.5. The van der Waals surface area contributed by atoms with Gasteiger partial charge in [0.05, 0.1) is 11.2 Å². The zero-order valence-electron chi connectivity index (χ0n) is 16.6. The molecular weight excluding hydrogens is 412 g/mol. The second kappa shape index (κ2) is 8.97. The summed E-state index contributed by atoms with van der Waals surface area (Å²) in [5, 5.41) is 13.4. The summed E-state index contributed by atoms with van der Waals surface area (Å²) < 4.78 is 10.8. The number of hydrogen-bond acceptors (Lipinski definition) is 6. The van der Waals surface area contributed by atoms with Gasteiger partial charge in [-0.25, -0.2) is 0 Å². The number of allylic oxidation sites excluding steroid dienone is 1. The van der Waals surface area contributed by atoms with Crippen LogP contribution < -0.4 is 5.32 Å². The minimum absolute atomic E-state index is 0.00592. The molecule has 1 N–H and O–H groups in total. The van der Waals surface area contributed by atoms with Crippen LogP contribution >= 0.6 is 0 Å². The lowest BCUT2D eigenvalue weighted by atomic mass is 10.1. The van der Waals surface area contributed by atoms with Gasteiger partial charge in [-0.1, -0.05) is 12.1 Å². The lowest BCUT2D eigenvalue weighted by Crippen LogP contribution is -2.11. The van der Waals surface area contributed by atoms with Crippen molar-refractivity contribution in [1.82, 2.24) is 0 Å². The number of nitro groups is 1. The number of rotatable bonds is 7. The molecule has 8 nitrogen and oxygen atoms in total. The van der Waals surface area contributed by atoms with Crippen LogP contribution in [0, 0.1) is 10.1 Å². The average Bonchev–Trinajstić information content (AvgIpc) is 3.50. The van der Waals surface area contributed by atoms with E-state index in [4.69, 9.17) is 8.83 Å². The molecule has 0 bridgehead atoms. The molecule has 0 saturated carbocycles. The molecule has 2 aromatic carbocycles. The highest BCUT2D eigenvalue weighted by Crippen LogP contribution is 2.25. The fourth-order valence-corrected chi connectivity index (χ4v) is 2.95. The number of amides is 1. The van der Waals surface area contributed by atoms with Gasteiger partial charge in [-0.2, -0.15) is 0 Å². The topological polar surface area (TPSA) is 116 Å². The van der Waals surface area contributed by atoms with E-state index in [0.717, 1.165) is 0 Å². The van der Waals surface area contributed by atoms with Crippen LogP contribution in [-0.2, 0) is 0 Å². The molecule has 0 aliphatic carbocycles. The van der Waals surface area contributed by atoms with Crippen LogP contribution in [0.5, 0.6) is 0 Å². The van der Waals surface area contributed by atoms with Gasteiger partial charge in [-0.15, -0.1) is 0 Å². The summed E-state index contributed by atoms with van der Waals surface area (Å²) in [5.74, 6) is 0.462. The summed E-state index contributed by atoms with van der Waals surface area (Å²) in [7, 11) is 0. The van der Waals surface area contributed by atoms with E-state index in [1.54, 1.807) is 60.7 Å². The highest BCUT2D eigenvalue weighted by molar-refractivity contribution is 6.08. The summed E-state index contributed by atoms with van der Waals surface area (Å²) >= 11 is 0. The molecule has 0 aliphatic heterocycles. The fraction of sp³-hybridized carbons (Fsp3) is 0. The Kier molecular flexibility index (Phi) is 5.76. The highest BCUT2D eigenvalue weighted by atomic mass is 16.6. The number of ketones is 1. The minimum Gasteiger partial charge on any atom is -0.459 e. The van der Waals surface area contributed by atoms with Crippen molar-refractivity contribution < 1.29 is 23.3 Å². The maximum absolute atomic E-state index is 12.5. The van der Waals surface area contributed by atoms with E-state index >= 15 is 0 Å². The molecule has 0 radical (unpaired) electrons. The van der Waals surface area contributed by atoms with Crippen molar-refractivity contribution in [3.63, 3.8) is 0 Å². The van der Waals surface area contributed by atoms with Gasteiger partial charge in [0.2, 0.25) is 0 Å². The SMILES string of the molecule is O=C(C=Cc1ccc(-c2ccc([N+](=O)[O-])cc2)o1)c1cccc(NC(=O)c2ccco2)c1. The summed E-state index contributed by atoms with van der Waals surface area (Å²) in [6.07, 6.45) is 4.30. The van der Waals surface area contributed by atoms with Crippen LogP contribution in [0.3, 0.4) is 0 Å². The third-order valence-electron chi connectivity index (χ3n) is 4.54. The normalized spacial score (nSPS) is 10.9. The first-order valence-electron chi connectivity index (χ1n) is 9.51. The Hall–Kier alpha value is -4.72. The molecule has 1 amide bonds. The molecule has 0 fully saturated rings. The maximum Gasteiger partial charge on any atom is 0.291 e. The van der Waals surface area contributed by atoms with Crippen LogP contribution in [0.25, 0.3) is 17.4 Å². The lowest BCUT2D eigenvalue weighted by Gasteiger charge is -2.04. The van der Waals surface area contributed by atoms with Gasteiger partial charge in [-0.3, -0.25) is 19.7 Å². The van der Waals surface area contributed by atoms with Crippen molar-refractivity contribution in [2.75, 3.05) is 5.32 Å². The number of carbonyl (C=O) groups excluding carboxylic acids is 2. The number of nitrogens with zero attached hydrogens (tertiary/aromatic N) is 1. The van der Waals surface area contributed by atoms with Gasteiger partial charge in [0.1, 0.15) is 11.5 Å². The predicted octanol–water partition coefficient (Wildman–Crippen LogP) is 5.60. The molecule has 0 aliphatic rings. The largest absolute Gasteiger partial charge is 0.459 e. The van der Waals surface area contributed by atoms with Crippen LogP contribution in [0.15, 0.2) is 94.0 Å². The van der Waals surface area contributed by atoms with Crippen molar-refractivity contribution >= 4 is 29.1 Å². The smallest absolute Gasteiger partial charge is 0.291 e. The fourth-order valence-electron chi connectivity index (χ4n) is 2.95. The lowest BCUT2D eigenvalue weighted by molar-refractivity contribution is -0.384. The number of carbonyl (C=O) groups is 2. The van der Waals surface area contributed by atoms with Crippen molar-refractivity contribution in [2.24, 2.45) is 0 Å². The molecule has 2 aromatic heterocycles. The first-order valence-corrected chi connectivity index (χ1v) is 9.51. The second-order valence-corrected chi connectivity index (χ2v) is 6.72. The van der Waals surface area contributed by atoms with Gasteiger partial charge in [-0.05, 0) is 60.7 Å². The Labute approximate surface area is 181 Å². The van der Waals surface area contributed by atoms with Crippen LogP contribution in [-0.4, -0.2) is 16.6 Å². The molecule has 8 heteroatoms. The third-order valence-corrected chi connectivity index (χ3v) is 4.54. The number of benzene rings is 2. The van der Waals surface area contributed by atoms with E-state index in [9.17, 15) is 19.7 Å². The van der Waals surface area contributed by atoms with E-state index in [0.29, 0.717) is 28.3 Å². The average molecular weight is 428 g/mol. The Bertz CT molecular complexity index is 1300. The Morgan fingerprint density at radius 2 is 1.78 bits per heavy atom. The van der Waals surface area contributed by atoms with E-state index < -0.39 is 10.8 Å². The number of hydrogen-bond donors (Lipinski definition) is 1. The molecular formula is C24H16N2O6. The number of non-ortho nitro benzene ring substituents is 1. The van der Waals surface area contributed by atoms with Crippen LogP contribution in [0.4, 0.5) is 11.4 Å². The number of nitrogens with one attached hydrogen (secondary N) is 1. The van der Waals surface area contributed by atoms with Gasteiger partial charge in [0, 0.05) is 28.9 Å². The summed E-state index contributed by atoms with van der Waals surface area (Å²) in [6.45, 7) is 0. The van der Waals surface area contributed by atoms with E-state index in [2.05, 4.69) is 5.32 Å². The Balaban J connectivity index is 1.43. The van der Waals surface area contributed by atoms with Crippen LogP contribution in [0.2, 0.25) is 0 Å². The Morgan fingerprint density at radius 1 is 0.969 bits per heavy atom. The monoisotopic (exact) mass is 428 g/mol. The quantitative estimate of drug-likeness (QED) is 0.177. The van der Waals surface area contributed by atoms with E-state index in [1.165, 1.54) is 30.5 Å². The van der Waals surface area contributed by atoms with Gasteiger partial charge < -0.3 is 14.2 Å². The first-order chi connectivity index (χ1) is 15.5. The van der Waals surface area contributed by atoms with E-state index in [-0.39, 0.29) is 17.2 Å². The molecule has 0 saturated heterocycles. The molecule has 0 unspecified atom stereocenters. The molecule has 0 spiro atoms. The molecule has 2 heterocycles. The summed E-state index contributed by atoms with van der Waals surface area (Å²) in [4.78, 5) is 34.9. The number of furan rings is 2. The van der Waals surface area contributed by atoms with Gasteiger partial charge in [0.25, 0.3) is 11.6 Å². The zero-order valence-corrected chi connectivity index (χ0v) is 16.6. The molecule has 4 rings (SSSR count). The zero-order chi connectivity index (χ0) is 22.5. The third kappa shape index (κ3) is 4.71. The Morgan fingerprint density at radius 3 is 2.50 bits per heavy atom. The molecule has 158 valence electrons. The van der Waals surface area contributed by atoms with Crippen LogP contribution in [0.1, 0.15) is 26.7 Å². The van der Waals surface area contributed by atoms with Gasteiger partial charge in [0.15, 0.2) is 11.5 Å². The van der Waals surface area contributed by atoms with Crippen molar-refractivity contribution in [3.8, 4) is 11.3 Å². The molecule has 32 heavy (non-hydrogen) atoms. The maximum atomic E-state index is 12.5. The number of nitro benzene ring substituents is 1. The van der Waals surface area contributed by atoms with Crippen molar-refractivity contribution in [1.29, 1.82) is 0 Å². The molecule has 0 atom stereocenters. The standard InChI is InChI=1S/C24H16N2O6/c27-21(17-3-1-4-18(15-17)25-24(28)23-5-2-14-31-23)12-10-20-11-13-22(32-20)16-6-8-19(9-7-16)26(29)30/h1-15H,(H,25,28). The van der Waals surface area contributed by atoms with Gasteiger partial charge >= 0.3 is 0 Å². The highest BCUT2D eigenvalue weighted by Gasteiger charge is 2.11. The van der Waals surface area contributed by atoms with Crippen molar-refractivity contribution in [3.05, 3.63) is 112 Å². The summed E-state index contributed by atoms with van der Waals surface area (Å²) in [6, 6.07) is 19.1. The second-order valence-electron chi connectivity index (χ2n) is 6.72. The molecule has 4 aromatic rings. The van der Waals surface area contributed by atoms with Crippen molar-refractivity contribution in [2.45, 2.75) is 0 Å². The summed E-state index contributed by atoms with van der Waals surface area (Å²) in [5.41, 5.74) is 1.53. The number of anilines is 1. The predicted molar refractivity (Wildman–Crippen MR) is 117 cm³/mol. The van der Waals surface area contributed by atoms with E-state index in [1.807, 2.05) is 0 Å².